The van der Waals surface area contributed by atoms with Crippen LogP contribution in [-0.4, -0.2) is 30.3 Å². The Balaban J connectivity index is 1.87. The van der Waals surface area contributed by atoms with E-state index in [9.17, 15) is 4.79 Å². The molecule has 1 saturated heterocycles. The molecular weight excluding hydrogens is 268 g/mol. The molecule has 1 aromatic carbocycles. The molecule has 2 rings (SSSR count). The average Bonchev–Trinajstić information content (AvgIpc) is 2.37. The van der Waals surface area contributed by atoms with E-state index in [0.29, 0.717) is 11.4 Å². The average molecular weight is 292 g/mol. The van der Waals surface area contributed by atoms with E-state index < -0.39 is 6.10 Å². The second-order valence-corrected chi connectivity index (χ2v) is 5.74. The van der Waals surface area contributed by atoms with Gasteiger partial charge in [0.2, 0.25) is 0 Å². The van der Waals surface area contributed by atoms with Crippen LogP contribution >= 0.6 is 0 Å². The normalized spacial score (nSPS) is 27.1. The number of carbonyl (C=O) groups excluding carboxylic acids is 1. The summed E-state index contributed by atoms with van der Waals surface area (Å²) >= 11 is 0. The molecule has 1 fully saturated rings. The highest BCUT2D eigenvalue weighted by Gasteiger charge is 2.28. The number of anilines is 2. The molecule has 116 valence electrons. The molecule has 0 aliphatic carbocycles. The molecule has 21 heavy (non-hydrogen) atoms. The summed E-state index contributed by atoms with van der Waals surface area (Å²) in [5.74, 6) is -0.160. The zero-order valence-electron chi connectivity index (χ0n) is 12.8. The summed E-state index contributed by atoms with van der Waals surface area (Å²) in [5.41, 5.74) is 7.00. The van der Waals surface area contributed by atoms with Crippen molar-refractivity contribution in [1.29, 1.82) is 0 Å². The highest BCUT2D eigenvalue weighted by molar-refractivity contribution is 5.94. The van der Waals surface area contributed by atoms with Crippen LogP contribution in [0.3, 0.4) is 0 Å². The van der Waals surface area contributed by atoms with Gasteiger partial charge < -0.3 is 20.5 Å². The first-order valence-electron chi connectivity index (χ1n) is 7.41. The second kappa shape index (κ2) is 6.91. The van der Waals surface area contributed by atoms with Gasteiger partial charge in [-0.3, -0.25) is 4.79 Å². The lowest BCUT2D eigenvalue weighted by Gasteiger charge is -2.33. The number of nitrogens with one attached hydrogen (secondary N) is 1. The van der Waals surface area contributed by atoms with Gasteiger partial charge in [0, 0.05) is 11.4 Å². The Bertz CT molecular complexity index is 482. The van der Waals surface area contributed by atoms with E-state index in [1.54, 1.807) is 31.2 Å². The molecule has 0 aromatic heterocycles. The van der Waals surface area contributed by atoms with Crippen LogP contribution in [0.15, 0.2) is 24.3 Å². The van der Waals surface area contributed by atoms with Crippen molar-refractivity contribution in [2.75, 3.05) is 11.1 Å². The van der Waals surface area contributed by atoms with Gasteiger partial charge in [-0.1, -0.05) is 6.07 Å². The molecule has 5 nitrogen and oxygen atoms in total. The van der Waals surface area contributed by atoms with Crippen molar-refractivity contribution in [3.05, 3.63) is 24.3 Å². The standard InChI is InChI=1S/C16H24N2O3/c1-10-7-15(8-11(2)20-10)21-12(3)16(19)18-14-6-4-5-13(17)9-14/h4-6,9-12,15H,7-8,17H2,1-3H3,(H,18,19). The first-order chi connectivity index (χ1) is 9.94. The van der Waals surface area contributed by atoms with Gasteiger partial charge in [-0.15, -0.1) is 0 Å². The summed E-state index contributed by atoms with van der Waals surface area (Å²) in [6.45, 7) is 5.83. The smallest absolute Gasteiger partial charge is 0.253 e. The fraction of sp³-hybridized carbons (Fsp3) is 0.562. The number of carbonyl (C=O) groups is 1. The zero-order chi connectivity index (χ0) is 15.4. The van der Waals surface area contributed by atoms with Crippen molar-refractivity contribution in [3.8, 4) is 0 Å². The van der Waals surface area contributed by atoms with Crippen LogP contribution in [0.1, 0.15) is 33.6 Å². The first-order valence-corrected chi connectivity index (χ1v) is 7.41. The highest BCUT2D eigenvalue weighted by Crippen LogP contribution is 2.23. The molecule has 0 spiro atoms. The molecule has 0 radical (unpaired) electrons. The minimum Gasteiger partial charge on any atom is -0.399 e. The van der Waals surface area contributed by atoms with Gasteiger partial charge in [0.05, 0.1) is 18.3 Å². The number of hydrogen-bond donors (Lipinski definition) is 2. The van der Waals surface area contributed by atoms with E-state index in [4.69, 9.17) is 15.2 Å². The SMILES string of the molecule is CC1CC(OC(C)C(=O)Nc2cccc(N)c2)CC(C)O1. The second-order valence-electron chi connectivity index (χ2n) is 5.74. The molecule has 1 aliphatic rings. The maximum atomic E-state index is 12.2. The van der Waals surface area contributed by atoms with Crippen molar-refractivity contribution >= 4 is 17.3 Å². The van der Waals surface area contributed by atoms with Gasteiger partial charge in [-0.2, -0.15) is 0 Å². The molecule has 1 aliphatic heterocycles. The molecule has 3 N–H and O–H groups in total. The van der Waals surface area contributed by atoms with Gasteiger partial charge in [0.15, 0.2) is 0 Å². The largest absolute Gasteiger partial charge is 0.399 e. The molecule has 1 amide bonds. The predicted molar refractivity (Wildman–Crippen MR) is 83.1 cm³/mol. The Labute approximate surface area is 125 Å². The molecule has 1 aromatic rings. The number of amides is 1. The number of rotatable bonds is 4. The van der Waals surface area contributed by atoms with E-state index in [1.807, 2.05) is 13.8 Å². The quantitative estimate of drug-likeness (QED) is 0.836. The van der Waals surface area contributed by atoms with Crippen LogP contribution < -0.4 is 11.1 Å². The fourth-order valence-electron chi connectivity index (χ4n) is 2.67. The van der Waals surface area contributed by atoms with Crippen molar-refractivity contribution in [2.24, 2.45) is 0 Å². The molecular formula is C16H24N2O3. The summed E-state index contributed by atoms with van der Waals surface area (Å²) < 4.78 is 11.5. The summed E-state index contributed by atoms with van der Waals surface area (Å²) in [6, 6.07) is 7.11. The van der Waals surface area contributed by atoms with Crippen molar-refractivity contribution in [3.63, 3.8) is 0 Å². The summed E-state index contributed by atoms with van der Waals surface area (Å²) in [5, 5.41) is 2.82. The van der Waals surface area contributed by atoms with Crippen LogP contribution in [0.2, 0.25) is 0 Å². The monoisotopic (exact) mass is 292 g/mol. The Morgan fingerprint density at radius 2 is 2.05 bits per heavy atom. The minimum atomic E-state index is -0.506. The van der Waals surface area contributed by atoms with Gasteiger partial charge >= 0.3 is 0 Å². The van der Waals surface area contributed by atoms with E-state index in [1.165, 1.54) is 0 Å². The van der Waals surface area contributed by atoms with E-state index >= 15 is 0 Å². The third-order valence-corrected chi connectivity index (χ3v) is 3.57. The van der Waals surface area contributed by atoms with Crippen LogP contribution in [0.25, 0.3) is 0 Å². The number of nitrogen functional groups attached to an aromatic ring is 1. The van der Waals surface area contributed by atoms with E-state index in [2.05, 4.69) is 5.32 Å². The third-order valence-electron chi connectivity index (χ3n) is 3.57. The van der Waals surface area contributed by atoms with Crippen LogP contribution in [0.4, 0.5) is 11.4 Å². The predicted octanol–water partition coefficient (Wildman–Crippen LogP) is 2.57. The van der Waals surface area contributed by atoms with Crippen LogP contribution in [0, 0.1) is 0 Å². The third kappa shape index (κ3) is 4.72. The number of hydrogen-bond acceptors (Lipinski definition) is 4. The van der Waals surface area contributed by atoms with Crippen LogP contribution in [0.5, 0.6) is 0 Å². The fourth-order valence-corrected chi connectivity index (χ4v) is 2.67. The highest BCUT2D eigenvalue weighted by atomic mass is 16.5. The Morgan fingerprint density at radius 3 is 2.67 bits per heavy atom. The number of ether oxygens (including phenoxy) is 2. The Morgan fingerprint density at radius 1 is 1.38 bits per heavy atom. The number of benzene rings is 1. The lowest BCUT2D eigenvalue weighted by atomic mass is 10.0. The molecule has 5 heteroatoms. The maximum Gasteiger partial charge on any atom is 0.253 e. The minimum absolute atomic E-state index is 0.0605. The lowest BCUT2D eigenvalue weighted by Crippen LogP contribution is -2.38. The molecule has 0 bridgehead atoms. The molecule has 3 unspecified atom stereocenters. The maximum absolute atomic E-state index is 12.2. The summed E-state index contributed by atoms with van der Waals surface area (Å²) in [6.07, 6.45) is 1.53. The molecule has 1 heterocycles. The number of nitrogens with two attached hydrogens (primary N) is 1. The van der Waals surface area contributed by atoms with Crippen LogP contribution in [-0.2, 0) is 14.3 Å². The van der Waals surface area contributed by atoms with Gasteiger partial charge in [-0.25, -0.2) is 0 Å². The van der Waals surface area contributed by atoms with E-state index in [0.717, 1.165) is 12.8 Å². The zero-order valence-corrected chi connectivity index (χ0v) is 12.8. The summed E-state index contributed by atoms with van der Waals surface area (Å²) in [4.78, 5) is 12.2. The molecule has 3 atom stereocenters. The first kappa shape index (κ1) is 15.8. The lowest BCUT2D eigenvalue weighted by molar-refractivity contribution is -0.143. The van der Waals surface area contributed by atoms with Crippen molar-refractivity contribution in [1.82, 2.24) is 0 Å². The van der Waals surface area contributed by atoms with Gasteiger partial charge in [0.1, 0.15) is 6.10 Å². The summed E-state index contributed by atoms with van der Waals surface area (Å²) in [7, 11) is 0. The van der Waals surface area contributed by atoms with Gasteiger partial charge in [-0.05, 0) is 51.8 Å². The van der Waals surface area contributed by atoms with Crippen molar-refractivity contribution < 1.29 is 14.3 Å². The Kier molecular flexibility index (Phi) is 5.20. The topological polar surface area (TPSA) is 73.6 Å². The van der Waals surface area contributed by atoms with Crippen molar-refractivity contribution in [2.45, 2.75) is 58.0 Å². The van der Waals surface area contributed by atoms with E-state index in [-0.39, 0.29) is 24.2 Å². The molecule has 0 saturated carbocycles. The van der Waals surface area contributed by atoms with Gasteiger partial charge in [0.25, 0.3) is 5.91 Å². The Hall–Kier alpha value is -1.59.